The fraction of sp³-hybridized carbons (Fsp3) is 1.00. The third kappa shape index (κ3) is 8.94. The first-order valence-electron chi connectivity index (χ1n) is 14.5. The fourth-order valence-electron chi connectivity index (χ4n) is 6.73. The van der Waals surface area contributed by atoms with Crippen molar-refractivity contribution in [2.24, 2.45) is 40.9 Å². The SMILES string of the molecule is CCC(C)[C@@H](CCC[C@@H](O)CC1CCC(C(C)(C)CC)CC1)CC(O)[C@H]1CC[C@@H](C)CC1. The van der Waals surface area contributed by atoms with Crippen molar-refractivity contribution in [1.29, 1.82) is 0 Å². The Kier molecular flexibility index (Phi) is 12.1. The highest BCUT2D eigenvalue weighted by Crippen LogP contribution is 2.43. The van der Waals surface area contributed by atoms with E-state index in [1.54, 1.807) is 0 Å². The van der Waals surface area contributed by atoms with E-state index in [0.717, 1.165) is 43.4 Å². The normalized spacial score (nSPS) is 31.1. The van der Waals surface area contributed by atoms with E-state index in [-0.39, 0.29) is 12.2 Å². The van der Waals surface area contributed by atoms with Gasteiger partial charge in [-0.05, 0) is 85.9 Å². The Morgan fingerprint density at radius 2 is 1.50 bits per heavy atom. The number of rotatable bonds is 13. The van der Waals surface area contributed by atoms with Crippen molar-refractivity contribution in [3.05, 3.63) is 0 Å². The molecule has 2 unspecified atom stereocenters. The van der Waals surface area contributed by atoms with E-state index in [1.165, 1.54) is 70.6 Å². The first-order valence-corrected chi connectivity index (χ1v) is 14.5. The predicted octanol–water partition coefficient (Wildman–Crippen LogP) is 8.39. The zero-order valence-corrected chi connectivity index (χ0v) is 22.6. The van der Waals surface area contributed by atoms with Crippen LogP contribution in [0.5, 0.6) is 0 Å². The van der Waals surface area contributed by atoms with Gasteiger partial charge in [0.1, 0.15) is 0 Å². The van der Waals surface area contributed by atoms with Gasteiger partial charge in [-0.3, -0.25) is 0 Å². The summed E-state index contributed by atoms with van der Waals surface area (Å²) in [6.07, 6.45) is 17.8. The number of aliphatic hydroxyl groups is 2. The molecule has 0 bridgehead atoms. The molecule has 2 N–H and O–H groups in total. The van der Waals surface area contributed by atoms with Crippen molar-refractivity contribution in [2.75, 3.05) is 0 Å². The Balaban J connectivity index is 1.70. The topological polar surface area (TPSA) is 40.5 Å². The van der Waals surface area contributed by atoms with Gasteiger partial charge in [0.15, 0.2) is 0 Å². The van der Waals surface area contributed by atoms with Crippen molar-refractivity contribution in [3.63, 3.8) is 0 Å². The van der Waals surface area contributed by atoms with Gasteiger partial charge in [0.2, 0.25) is 0 Å². The lowest BCUT2D eigenvalue weighted by Crippen LogP contribution is -2.29. The Morgan fingerprint density at radius 1 is 0.875 bits per heavy atom. The quantitative estimate of drug-likeness (QED) is 0.296. The van der Waals surface area contributed by atoms with Crippen LogP contribution in [0.4, 0.5) is 0 Å². The van der Waals surface area contributed by atoms with Crippen LogP contribution in [0.15, 0.2) is 0 Å². The summed E-state index contributed by atoms with van der Waals surface area (Å²) < 4.78 is 0. The molecular formula is C30H58O2. The van der Waals surface area contributed by atoms with Crippen molar-refractivity contribution in [2.45, 2.75) is 150 Å². The van der Waals surface area contributed by atoms with Crippen LogP contribution in [-0.4, -0.2) is 22.4 Å². The summed E-state index contributed by atoms with van der Waals surface area (Å²) in [5.41, 5.74) is 0.481. The summed E-state index contributed by atoms with van der Waals surface area (Å²) in [6, 6.07) is 0. The predicted molar refractivity (Wildman–Crippen MR) is 139 cm³/mol. The Morgan fingerprint density at radius 3 is 2.06 bits per heavy atom. The molecule has 0 aromatic heterocycles. The number of aliphatic hydroxyl groups excluding tert-OH is 2. The van der Waals surface area contributed by atoms with Crippen molar-refractivity contribution in [1.82, 2.24) is 0 Å². The molecule has 0 aromatic rings. The molecule has 2 saturated carbocycles. The highest BCUT2D eigenvalue weighted by atomic mass is 16.3. The van der Waals surface area contributed by atoms with Gasteiger partial charge >= 0.3 is 0 Å². The van der Waals surface area contributed by atoms with E-state index >= 15 is 0 Å². The van der Waals surface area contributed by atoms with Crippen LogP contribution in [0.1, 0.15) is 138 Å². The van der Waals surface area contributed by atoms with Crippen LogP contribution < -0.4 is 0 Å². The maximum atomic E-state index is 10.9. The monoisotopic (exact) mass is 450 g/mol. The van der Waals surface area contributed by atoms with Crippen LogP contribution in [0.3, 0.4) is 0 Å². The van der Waals surface area contributed by atoms with Crippen LogP contribution in [0, 0.1) is 40.9 Å². The highest BCUT2D eigenvalue weighted by Gasteiger charge is 2.32. The van der Waals surface area contributed by atoms with E-state index in [4.69, 9.17) is 0 Å². The minimum absolute atomic E-state index is 0.117. The Labute approximate surface area is 201 Å². The molecule has 2 heteroatoms. The number of hydrogen-bond donors (Lipinski definition) is 2. The Hall–Kier alpha value is -0.0800. The average molecular weight is 451 g/mol. The first kappa shape index (κ1) is 28.2. The third-order valence-corrected chi connectivity index (χ3v) is 10.2. The zero-order chi connectivity index (χ0) is 23.7. The van der Waals surface area contributed by atoms with Crippen molar-refractivity contribution >= 4 is 0 Å². The largest absolute Gasteiger partial charge is 0.393 e. The van der Waals surface area contributed by atoms with Gasteiger partial charge in [0.05, 0.1) is 12.2 Å². The summed E-state index contributed by atoms with van der Waals surface area (Å²) in [4.78, 5) is 0. The van der Waals surface area contributed by atoms with Crippen molar-refractivity contribution < 1.29 is 10.2 Å². The molecule has 0 radical (unpaired) electrons. The fourth-order valence-corrected chi connectivity index (χ4v) is 6.73. The second-order valence-corrected chi connectivity index (χ2v) is 12.8. The van der Waals surface area contributed by atoms with E-state index in [1.807, 2.05) is 0 Å². The van der Waals surface area contributed by atoms with Crippen LogP contribution in [0.2, 0.25) is 0 Å². The highest BCUT2D eigenvalue weighted by molar-refractivity contribution is 4.84. The molecule has 0 aliphatic heterocycles. The third-order valence-electron chi connectivity index (χ3n) is 10.2. The summed E-state index contributed by atoms with van der Waals surface area (Å²) in [5.74, 6) is 4.25. The van der Waals surface area contributed by atoms with Crippen LogP contribution in [0.25, 0.3) is 0 Å². The molecule has 0 aromatic carbocycles. The van der Waals surface area contributed by atoms with Gasteiger partial charge in [-0.25, -0.2) is 0 Å². The van der Waals surface area contributed by atoms with E-state index in [9.17, 15) is 10.2 Å². The van der Waals surface area contributed by atoms with Crippen molar-refractivity contribution in [3.8, 4) is 0 Å². The molecular weight excluding hydrogens is 392 g/mol. The molecule has 2 aliphatic carbocycles. The van der Waals surface area contributed by atoms with E-state index in [2.05, 4.69) is 41.5 Å². The maximum Gasteiger partial charge on any atom is 0.0571 e. The van der Waals surface area contributed by atoms with E-state index in [0.29, 0.717) is 23.2 Å². The van der Waals surface area contributed by atoms with Gasteiger partial charge < -0.3 is 10.2 Å². The first-order chi connectivity index (χ1) is 15.2. The molecule has 2 nitrogen and oxygen atoms in total. The lowest BCUT2D eigenvalue weighted by Gasteiger charge is -2.39. The van der Waals surface area contributed by atoms with Gasteiger partial charge in [0.25, 0.3) is 0 Å². The van der Waals surface area contributed by atoms with Gasteiger partial charge in [-0.1, -0.05) is 92.9 Å². The Bertz CT molecular complexity index is 485. The lowest BCUT2D eigenvalue weighted by atomic mass is 9.67. The molecule has 0 amide bonds. The maximum absolute atomic E-state index is 10.9. The number of hydrogen-bond acceptors (Lipinski definition) is 2. The molecule has 190 valence electrons. The summed E-state index contributed by atoms with van der Waals surface area (Å²) in [5, 5.41) is 21.7. The second-order valence-electron chi connectivity index (χ2n) is 12.8. The zero-order valence-electron chi connectivity index (χ0n) is 22.6. The summed E-state index contributed by atoms with van der Waals surface area (Å²) in [7, 11) is 0. The molecule has 2 aliphatic rings. The standard InChI is InChI=1S/C30H58O2/c1-7-23(4)26(21-29(32)25-16-12-22(3)13-17-25)10-9-11-28(31)20-24-14-18-27(19-15-24)30(5,6)8-2/h22-29,31-32H,7-21H2,1-6H3/t22-,23?,24?,25+,26-,27?,28+,29?/m0/s1. The molecule has 0 saturated heterocycles. The molecule has 0 heterocycles. The smallest absolute Gasteiger partial charge is 0.0571 e. The van der Waals surface area contributed by atoms with Gasteiger partial charge in [-0.15, -0.1) is 0 Å². The summed E-state index contributed by atoms with van der Waals surface area (Å²) in [6.45, 7) is 14.2. The van der Waals surface area contributed by atoms with Crippen LogP contribution in [-0.2, 0) is 0 Å². The molecule has 32 heavy (non-hydrogen) atoms. The molecule has 0 spiro atoms. The second kappa shape index (κ2) is 13.7. The average Bonchev–Trinajstić information content (AvgIpc) is 2.78. The van der Waals surface area contributed by atoms with Crippen LogP contribution >= 0.6 is 0 Å². The minimum Gasteiger partial charge on any atom is -0.393 e. The van der Waals surface area contributed by atoms with Gasteiger partial charge in [0, 0.05) is 0 Å². The molecule has 2 fully saturated rings. The van der Waals surface area contributed by atoms with Gasteiger partial charge in [-0.2, -0.15) is 0 Å². The molecule has 2 rings (SSSR count). The molecule has 4 atom stereocenters. The van der Waals surface area contributed by atoms with E-state index < -0.39 is 0 Å². The lowest BCUT2D eigenvalue weighted by molar-refractivity contribution is 0.0428. The minimum atomic E-state index is -0.127. The summed E-state index contributed by atoms with van der Waals surface area (Å²) >= 11 is 0.